The summed E-state index contributed by atoms with van der Waals surface area (Å²) in [6.07, 6.45) is 3.50. The molecule has 6 heteroatoms. The maximum absolute atomic E-state index is 7.00. The van der Waals surface area contributed by atoms with Crippen molar-refractivity contribution in [2.24, 2.45) is 0 Å². The van der Waals surface area contributed by atoms with Gasteiger partial charge >= 0.3 is 37.2 Å². The molecule has 0 fully saturated rings. The van der Waals surface area contributed by atoms with Gasteiger partial charge < -0.3 is 17.0 Å². The van der Waals surface area contributed by atoms with Crippen LogP contribution in [-0.4, -0.2) is 28.2 Å². The number of pyridine rings is 1. The van der Waals surface area contributed by atoms with Gasteiger partial charge in [0.05, 0.1) is 0 Å². The maximum Gasteiger partial charge on any atom is 1.00 e. The van der Waals surface area contributed by atoms with Gasteiger partial charge in [0.25, 0.3) is 0 Å². The molecule has 1 rings (SSSR count). The summed E-state index contributed by atoms with van der Waals surface area (Å²) in [5.41, 5.74) is 0. The molecule has 0 aliphatic rings. The quantitative estimate of drug-likeness (QED) is 0.384. The first-order valence-electron chi connectivity index (χ1n) is 2.37. The average Bonchev–Trinajstić information content (AvgIpc) is 1.93. The van der Waals surface area contributed by atoms with Gasteiger partial charge in [0, 0.05) is 12.4 Å². The van der Waals surface area contributed by atoms with Crippen molar-refractivity contribution in [3.8, 4) is 0 Å². The van der Waals surface area contributed by atoms with Crippen LogP contribution in [0.15, 0.2) is 30.6 Å². The molecule has 0 saturated heterocycles. The standard InChI is InChI=1S/C5H5N.BH2O2.Na.H2O.H/c1-2-4-6-5-3-1;2-1-3;;;/h1-5H;2-3H;;1H2;/q;;+1;;-1. The molecule has 0 aliphatic heterocycles. The van der Waals surface area contributed by atoms with Gasteiger partial charge in [0.2, 0.25) is 0 Å². The van der Waals surface area contributed by atoms with Crippen LogP contribution in [0.2, 0.25) is 0 Å². The Bertz CT molecular complexity index is 110. The largest absolute Gasteiger partial charge is 1.00 e. The molecule has 0 amide bonds. The van der Waals surface area contributed by atoms with Crippen molar-refractivity contribution in [1.82, 2.24) is 4.98 Å². The van der Waals surface area contributed by atoms with Crippen molar-refractivity contribution in [3.63, 3.8) is 0 Å². The molecule has 0 spiro atoms. The summed E-state index contributed by atoms with van der Waals surface area (Å²) in [7, 11) is 0. The summed E-state index contributed by atoms with van der Waals surface area (Å²) in [4.78, 5) is 3.78. The van der Waals surface area contributed by atoms with E-state index in [1.165, 1.54) is 0 Å². The van der Waals surface area contributed by atoms with E-state index in [4.69, 9.17) is 10.0 Å². The van der Waals surface area contributed by atoms with E-state index in [9.17, 15) is 0 Å². The third kappa shape index (κ3) is 17.8. The Morgan fingerprint density at radius 1 is 1.09 bits per heavy atom. The van der Waals surface area contributed by atoms with Crippen molar-refractivity contribution in [3.05, 3.63) is 30.6 Å². The van der Waals surface area contributed by atoms with E-state index in [1.807, 2.05) is 18.2 Å². The van der Waals surface area contributed by atoms with Crippen LogP contribution in [0.1, 0.15) is 1.43 Å². The third-order valence-electron chi connectivity index (χ3n) is 0.566. The molecule has 1 radical (unpaired) electrons. The summed E-state index contributed by atoms with van der Waals surface area (Å²) in [5, 5.41) is 14.0. The Labute approximate surface area is 89.7 Å². The normalized spacial score (nSPS) is 5.64. The molecule has 0 aliphatic carbocycles. The van der Waals surface area contributed by atoms with E-state index in [2.05, 4.69) is 4.98 Å². The molecule has 57 valence electrons. The third-order valence-corrected chi connectivity index (χ3v) is 0.566. The second-order valence-corrected chi connectivity index (χ2v) is 1.14. The van der Waals surface area contributed by atoms with Gasteiger partial charge in [-0.2, -0.15) is 0 Å². The Kier molecular flexibility index (Phi) is 26.0. The zero-order valence-electron chi connectivity index (χ0n) is 7.31. The van der Waals surface area contributed by atoms with Crippen molar-refractivity contribution in [2.75, 3.05) is 0 Å². The van der Waals surface area contributed by atoms with E-state index < -0.39 is 0 Å². The zero-order chi connectivity index (χ0) is 6.95. The second kappa shape index (κ2) is 16.6. The summed E-state index contributed by atoms with van der Waals surface area (Å²) >= 11 is 0. The van der Waals surface area contributed by atoms with Gasteiger partial charge in [0.1, 0.15) is 0 Å². The molecule has 1 aromatic rings. The first kappa shape index (κ1) is 17.3. The number of hydrogen-bond donors (Lipinski definition) is 2. The molecule has 4 nitrogen and oxygen atoms in total. The van der Waals surface area contributed by atoms with Crippen molar-refractivity contribution >= 4 is 7.69 Å². The van der Waals surface area contributed by atoms with Crippen LogP contribution < -0.4 is 29.6 Å². The molecule has 0 unspecified atom stereocenters. The SMILES string of the molecule is O.O[B]O.[H-].[Na+].c1ccncc1. The Morgan fingerprint density at radius 2 is 1.45 bits per heavy atom. The number of aromatic nitrogens is 1. The molecular formula is C5H10BNNaO3. The van der Waals surface area contributed by atoms with Gasteiger partial charge in [-0.1, -0.05) is 6.07 Å². The predicted molar refractivity (Wildman–Crippen MR) is 39.2 cm³/mol. The fraction of sp³-hybridized carbons (Fsp3) is 0. The Balaban J connectivity index is -0.0000000489. The van der Waals surface area contributed by atoms with E-state index in [1.54, 1.807) is 12.4 Å². The molecule has 1 aromatic heterocycles. The van der Waals surface area contributed by atoms with Gasteiger partial charge in [-0.25, -0.2) is 0 Å². The minimum Gasteiger partial charge on any atom is -1.00 e. The van der Waals surface area contributed by atoms with E-state index >= 15 is 0 Å². The van der Waals surface area contributed by atoms with Crippen LogP contribution in [0.25, 0.3) is 0 Å². The van der Waals surface area contributed by atoms with Gasteiger partial charge in [0.15, 0.2) is 0 Å². The van der Waals surface area contributed by atoms with Crippen LogP contribution >= 0.6 is 0 Å². The molecule has 0 bridgehead atoms. The van der Waals surface area contributed by atoms with Crippen molar-refractivity contribution in [2.45, 2.75) is 0 Å². The van der Waals surface area contributed by atoms with Gasteiger partial charge in [-0.05, 0) is 12.1 Å². The van der Waals surface area contributed by atoms with Crippen LogP contribution in [0, 0.1) is 0 Å². The number of nitrogens with zero attached hydrogens (tertiary/aromatic N) is 1. The minimum atomic E-state index is 0. The summed E-state index contributed by atoms with van der Waals surface area (Å²) in [5.74, 6) is 0. The zero-order valence-corrected chi connectivity index (χ0v) is 8.31. The van der Waals surface area contributed by atoms with Crippen molar-refractivity contribution < 1.29 is 46.5 Å². The van der Waals surface area contributed by atoms with Crippen LogP contribution in [-0.2, 0) is 0 Å². The van der Waals surface area contributed by atoms with Crippen LogP contribution in [0.3, 0.4) is 0 Å². The first-order valence-corrected chi connectivity index (χ1v) is 2.37. The fourth-order valence-corrected chi connectivity index (χ4v) is 0.313. The van der Waals surface area contributed by atoms with Crippen LogP contribution in [0.4, 0.5) is 0 Å². The van der Waals surface area contributed by atoms with E-state index in [0.29, 0.717) is 0 Å². The smallest absolute Gasteiger partial charge is 1.00 e. The monoisotopic (exact) mass is 166 g/mol. The summed E-state index contributed by atoms with van der Waals surface area (Å²) < 4.78 is 0. The molecule has 1 heterocycles. The molecule has 0 atom stereocenters. The first-order chi connectivity index (χ1) is 4.41. The van der Waals surface area contributed by atoms with Crippen molar-refractivity contribution in [1.29, 1.82) is 0 Å². The molecule has 11 heavy (non-hydrogen) atoms. The average molecular weight is 166 g/mol. The number of rotatable bonds is 0. The molecule has 0 saturated carbocycles. The topological polar surface area (TPSA) is 84.9 Å². The minimum absolute atomic E-state index is 0. The summed E-state index contributed by atoms with van der Waals surface area (Å²) in [6, 6.07) is 5.72. The van der Waals surface area contributed by atoms with Gasteiger partial charge in [-0.15, -0.1) is 0 Å². The predicted octanol–water partition coefficient (Wildman–Crippen LogP) is -4.12. The second-order valence-electron chi connectivity index (χ2n) is 1.14. The molecule has 4 N–H and O–H groups in total. The molecule has 0 aromatic carbocycles. The van der Waals surface area contributed by atoms with E-state index in [0.717, 1.165) is 0 Å². The van der Waals surface area contributed by atoms with Crippen LogP contribution in [0.5, 0.6) is 0 Å². The summed E-state index contributed by atoms with van der Waals surface area (Å²) in [6.45, 7) is 0. The van der Waals surface area contributed by atoms with Gasteiger partial charge in [-0.3, -0.25) is 4.98 Å². The Morgan fingerprint density at radius 3 is 1.55 bits per heavy atom. The maximum atomic E-state index is 7.00. The number of hydrogen-bond acceptors (Lipinski definition) is 3. The molecular weight excluding hydrogens is 156 g/mol. The fourth-order valence-electron chi connectivity index (χ4n) is 0.313. The van der Waals surface area contributed by atoms with E-state index in [-0.39, 0.29) is 44.1 Å². The Hall–Kier alpha value is 0.0949.